The molecule has 1 amide bonds. The maximum absolute atomic E-state index is 12.6. The van der Waals surface area contributed by atoms with Crippen molar-refractivity contribution in [1.82, 2.24) is 20.8 Å². The third-order valence-corrected chi connectivity index (χ3v) is 5.18. The van der Waals surface area contributed by atoms with Crippen molar-refractivity contribution in [1.29, 1.82) is 0 Å². The second-order valence-electron chi connectivity index (χ2n) is 5.97. The number of carbonyl (C=O) groups is 1. The summed E-state index contributed by atoms with van der Waals surface area (Å²) in [7, 11) is 0. The van der Waals surface area contributed by atoms with E-state index in [-0.39, 0.29) is 5.91 Å². The van der Waals surface area contributed by atoms with E-state index < -0.39 is 5.54 Å². The molecule has 1 aliphatic rings. The molecule has 0 radical (unpaired) electrons. The standard InChI is InChI=1S/C17H22N4O2S/c1-2-10-18-16(22)17(8-4-3-5-9-17)19-12-14-20-21-15(23-14)13-7-6-11-24-13/h2,6-7,11,19H,1,3-5,8-10,12H2,(H,18,22). The van der Waals surface area contributed by atoms with E-state index in [9.17, 15) is 4.79 Å². The zero-order valence-electron chi connectivity index (χ0n) is 13.6. The summed E-state index contributed by atoms with van der Waals surface area (Å²) in [4.78, 5) is 13.6. The highest BCUT2D eigenvalue weighted by Crippen LogP contribution is 2.29. The van der Waals surface area contributed by atoms with E-state index in [1.54, 1.807) is 17.4 Å². The second-order valence-corrected chi connectivity index (χ2v) is 6.92. The van der Waals surface area contributed by atoms with E-state index in [1.807, 2.05) is 17.5 Å². The molecule has 0 saturated heterocycles. The van der Waals surface area contributed by atoms with Crippen LogP contribution in [0.1, 0.15) is 38.0 Å². The lowest BCUT2D eigenvalue weighted by Gasteiger charge is -2.36. The molecule has 2 aromatic heterocycles. The monoisotopic (exact) mass is 346 g/mol. The highest BCUT2D eigenvalue weighted by atomic mass is 32.1. The molecule has 1 fully saturated rings. The zero-order chi connectivity index (χ0) is 16.8. The SMILES string of the molecule is C=CCNC(=O)C1(NCc2nnc(-c3cccs3)o2)CCCCC1. The van der Waals surface area contributed by atoms with Crippen LogP contribution in [0.15, 0.2) is 34.6 Å². The van der Waals surface area contributed by atoms with Gasteiger partial charge in [-0.15, -0.1) is 28.1 Å². The van der Waals surface area contributed by atoms with Gasteiger partial charge in [-0.3, -0.25) is 10.1 Å². The Labute approximate surface area is 145 Å². The fourth-order valence-electron chi connectivity index (χ4n) is 3.04. The molecule has 2 aromatic rings. The van der Waals surface area contributed by atoms with Gasteiger partial charge in [-0.05, 0) is 24.3 Å². The topological polar surface area (TPSA) is 80.0 Å². The van der Waals surface area contributed by atoms with E-state index in [0.717, 1.165) is 30.6 Å². The summed E-state index contributed by atoms with van der Waals surface area (Å²) in [6.45, 7) is 4.52. The smallest absolute Gasteiger partial charge is 0.257 e. The van der Waals surface area contributed by atoms with Crippen LogP contribution in [-0.2, 0) is 11.3 Å². The number of nitrogens with one attached hydrogen (secondary N) is 2. The Morgan fingerprint density at radius 2 is 2.21 bits per heavy atom. The molecule has 2 heterocycles. The minimum absolute atomic E-state index is 0.0279. The molecule has 7 heteroatoms. The summed E-state index contributed by atoms with van der Waals surface area (Å²) in [5, 5.41) is 16.4. The van der Waals surface area contributed by atoms with E-state index in [1.165, 1.54) is 6.42 Å². The van der Waals surface area contributed by atoms with Crippen molar-refractivity contribution < 1.29 is 9.21 Å². The van der Waals surface area contributed by atoms with Crippen molar-refractivity contribution in [2.75, 3.05) is 6.54 Å². The number of aromatic nitrogens is 2. The van der Waals surface area contributed by atoms with Crippen molar-refractivity contribution in [3.05, 3.63) is 36.1 Å². The van der Waals surface area contributed by atoms with E-state index in [2.05, 4.69) is 27.4 Å². The van der Waals surface area contributed by atoms with Gasteiger partial charge in [0.25, 0.3) is 5.89 Å². The Hall–Kier alpha value is -1.99. The first-order chi connectivity index (χ1) is 11.7. The fraction of sp³-hybridized carbons (Fsp3) is 0.471. The largest absolute Gasteiger partial charge is 0.419 e. The summed E-state index contributed by atoms with van der Waals surface area (Å²) in [6, 6.07) is 3.89. The van der Waals surface area contributed by atoms with Crippen LogP contribution in [0.25, 0.3) is 10.8 Å². The van der Waals surface area contributed by atoms with Crippen molar-refractivity contribution in [3.63, 3.8) is 0 Å². The molecule has 0 unspecified atom stereocenters. The van der Waals surface area contributed by atoms with E-state index in [4.69, 9.17) is 4.42 Å². The minimum atomic E-state index is -0.557. The summed E-state index contributed by atoms with van der Waals surface area (Å²) in [6.07, 6.45) is 6.59. The number of thiophene rings is 1. The molecule has 1 aliphatic carbocycles. The van der Waals surface area contributed by atoms with Crippen molar-refractivity contribution >= 4 is 17.2 Å². The maximum atomic E-state index is 12.6. The predicted octanol–water partition coefficient (Wildman–Crippen LogP) is 2.89. The van der Waals surface area contributed by atoms with Gasteiger partial charge >= 0.3 is 0 Å². The van der Waals surface area contributed by atoms with E-state index in [0.29, 0.717) is 24.9 Å². The van der Waals surface area contributed by atoms with Gasteiger partial charge in [-0.25, -0.2) is 0 Å². The Morgan fingerprint density at radius 1 is 1.38 bits per heavy atom. The Bertz CT molecular complexity index is 675. The molecular formula is C17H22N4O2S. The Balaban J connectivity index is 1.67. The summed E-state index contributed by atoms with van der Waals surface area (Å²) in [5.74, 6) is 1.05. The number of nitrogens with zero attached hydrogens (tertiary/aromatic N) is 2. The van der Waals surface area contributed by atoms with Crippen LogP contribution in [0, 0.1) is 0 Å². The van der Waals surface area contributed by atoms with Gasteiger partial charge in [0, 0.05) is 6.54 Å². The first kappa shape index (κ1) is 16.9. The van der Waals surface area contributed by atoms with Gasteiger partial charge in [-0.2, -0.15) is 0 Å². The molecule has 0 spiro atoms. The third kappa shape index (κ3) is 3.73. The first-order valence-electron chi connectivity index (χ1n) is 8.24. The van der Waals surface area contributed by atoms with Gasteiger partial charge in [-0.1, -0.05) is 31.4 Å². The van der Waals surface area contributed by atoms with Crippen molar-refractivity contribution in [2.45, 2.75) is 44.2 Å². The molecule has 24 heavy (non-hydrogen) atoms. The molecule has 0 atom stereocenters. The molecular weight excluding hydrogens is 324 g/mol. The summed E-state index contributed by atoms with van der Waals surface area (Å²) >= 11 is 1.56. The van der Waals surface area contributed by atoms with Crippen LogP contribution in [0.4, 0.5) is 0 Å². The Morgan fingerprint density at radius 3 is 2.92 bits per heavy atom. The second kappa shape index (κ2) is 7.72. The summed E-state index contributed by atoms with van der Waals surface area (Å²) in [5.41, 5.74) is -0.557. The van der Waals surface area contributed by atoms with Crippen molar-refractivity contribution in [2.24, 2.45) is 0 Å². The molecule has 128 valence electrons. The average Bonchev–Trinajstić information content (AvgIpc) is 3.29. The van der Waals surface area contributed by atoms with Gasteiger partial charge in [0.2, 0.25) is 11.8 Å². The molecule has 0 aliphatic heterocycles. The van der Waals surface area contributed by atoms with Crippen LogP contribution >= 0.6 is 11.3 Å². The molecule has 0 bridgehead atoms. The number of hydrogen-bond donors (Lipinski definition) is 2. The average molecular weight is 346 g/mol. The number of rotatable bonds is 7. The molecule has 1 saturated carbocycles. The lowest BCUT2D eigenvalue weighted by atomic mass is 9.80. The lowest BCUT2D eigenvalue weighted by Crippen LogP contribution is -2.57. The zero-order valence-corrected chi connectivity index (χ0v) is 14.4. The minimum Gasteiger partial charge on any atom is -0.419 e. The highest BCUT2D eigenvalue weighted by Gasteiger charge is 2.39. The molecule has 2 N–H and O–H groups in total. The summed E-state index contributed by atoms with van der Waals surface area (Å²) < 4.78 is 5.70. The van der Waals surface area contributed by atoms with Gasteiger partial charge in [0.05, 0.1) is 17.0 Å². The predicted molar refractivity (Wildman–Crippen MR) is 93.5 cm³/mol. The Kier molecular flexibility index (Phi) is 5.42. The lowest BCUT2D eigenvalue weighted by molar-refractivity contribution is -0.129. The number of hydrogen-bond acceptors (Lipinski definition) is 6. The highest BCUT2D eigenvalue weighted by molar-refractivity contribution is 7.13. The van der Waals surface area contributed by atoms with Crippen molar-refractivity contribution in [3.8, 4) is 10.8 Å². The van der Waals surface area contributed by atoms with Gasteiger partial charge < -0.3 is 9.73 Å². The molecule has 6 nitrogen and oxygen atoms in total. The van der Waals surface area contributed by atoms with Gasteiger partial charge in [0.15, 0.2) is 0 Å². The first-order valence-corrected chi connectivity index (χ1v) is 9.12. The number of carbonyl (C=O) groups excluding carboxylic acids is 1. The number of amides is 1. The van der Waals surface area contributed by atoms with Crippen LogP contribution in [0.3, 0.4) is 0 Å². The van der Waals surface area contributed by atoms with Gasteiger partial charge in [0.1, 0.15) is 0 Å². The van der Waals surface area contributed by atoms with Crippen LogP contribution in [0.2, 0.25) is 0 Å². The third-order valence-electron chi connectivity index (χ3n) is 4.33. The van der Waals surface area contributed by atoms with Crippen LogP contribution in [0.5, 0.6) is 0 Å². The normalized spacial score (nSPS) is 16.7. The molecule has 0 aromatic carbocycles. The fourth-order valence-corrected chi connectivity index (χ4v) is 3.69. The van der Waals surface area contributed by atoms with E-state index >= 15 is 0 Å². The molecule has 3 rings (SSSR count). The van der Waals surface area contributed by atoms with Crippen LogP contribution in [-0.4, -0.2) is 28.2 Å². The van der Waals surface area contributed by atoms with Crippen LogP contribution < -0.4 is 10.6 Å². The quantitative estimate of drug-likeness (QED) is 0.754. The maximum Gasteiger partial charge on any atom is 0.257 e.